The highest BCUT2D eigenvalue weighted by Crippen LogP contribution is 2.18. The van der Waals surface area contributed by atoms with E-state index in [2.05, 4.69) is 9.73 Å². The van der Waals surface area contributed by atoms with Crippen molar-refractivity contribution >= 4 is 23.4 Å². The summed E-state index contributed by atoms with van der Waals surface area (Å²) in [6, 6.07) is 9.36. The molecule has 2 rings (SSSR count). The second-order valence-electron chi connectivity index (χ2n) is 3.92. The first-order chi connectivity index (χ1) is 8.72. The van der Waals surface area contributed by atoms with Crippen LogP contribution in [-0.2, 0) is 14.3 Å². The molecule has 5 nitrogen and oxygen atoms in total. The van der Waals surface area contributed by atoms with Crippen LogP contribution >= 0.6 is 0 Å². The van der Waals surface area contributed by atoms with Gasteiger partial charge in [0.05, 0.1) is 12.8 Å². The van der Waals surface area contributed by atoms with Crippen molar-refractivity contribution in [2.24, 2.45) is 4.99 Å². The number of para-hydroxylation sites is 1. The highest BCUT2D eigenvalue weighted by molar-refractivity contribution is 6.35. The molecule has 0 aromatic heterocycles. The van der Waals surface area contributed by atoms with E-state index in [1.165, 1.54) is 12.0 Å². The number of benzene rings is 1. The van der Waals surface area contributed by atoms with Crippen LogP contribution in [-0.4, -0.2) is 36.3 Å². The maximum absolute atomic E-state index is 11.7. The zero-order valence-corrected chi connectivity index (χ0v) is 10.1. The predicted octanol–water partition coefficient (Wildman–Crippen LogP) is 1.51. The summed E-state index contributed by atoms with van der Waals surface area (Å²) in [5.74, 6) is -0.876. The number of likely N-dealkylation sites (tertiary alicyclic amines) is 1. The standard InChI is InChI=1S/C13H14N2O3/c1-18-13(17)12(16)15-9-5-8-11(15)14-10-6-3-2-4-7-10/h2-4,6-7H,5,8-9H2,1H3. The van der Waals surface area contributed by atoms with Crippen LogP contribution in [0.5, 0.6) is 0 Å². The summed E-state index contributed by atoms with van der Waals surface area (Å²) in [4.78, 5) is 28.8. The molecule has 0 N–H and O–H groups in total. The van der Waals surface area contributed by atoms with Gasteiger partial charge in [-0.2, -0.15) is 0 Å². The largest absolute Gasteiger partial charge is 0.462 e. The van der Waals surface area contributed by atoms with Gasteiger partial charge in [0.15, 0.2) is 0 Å². The minimum absolute atomic E-state index is 0.513. The lowest BCUT2D eigenvalue weighted by molar-refractivity contribution is -0.155. The number of hydrogen-bond donors (Lipinski definition) is 0. The fourth-order valence-electron chi connectivity index (χ4n) is 1.84. The maximum atomic E-state index is 11.7. The second-order valence-corrected chi connectivity index (χ2v) is 3.92. The number of carbonyl (C=O) groups is 2. The van der Waals surface area contributed by atoms with Crippen molar-refractivity contribution in [3.8, 4) is 0 Å². The van der Waals surface area contributed by atoms with Crippen molar-refractivity contribution in [1.82, 2.24) is 4.90 Å². The van der Waals surface area contributed by atoms with Crippen LogP contribution in [0.15, 0.2) is 35.3 Å². The third kappa shape index (κ3) is 2.56. The molecule has 1 heterocycles. The topological polar surface area (TPSA) is 59.0 Å². The van der Waals surface area contributed by atoms with Gasteiger partial charge in [-0.05, 0) is 18.6 Å². The van der Waals surface area contributed by atoms with Crippen molar-refractivity contribution in [1.29, 1.82) is 0 Å². The summed E-state index contributed by atoms with van der Waals surface area (Å²) in [7, 11) is 1.20. The molecule has 0 atom stereocenters. The number of amides is 1. The zero-order chi connectivity index (χ0) is 13.0. The Morgan fingerprint density at radius 3 is 2.67 bits per heavy atom. The van der Waals surface area contributed by atoms with Gasteiger partial charge in [0.1, 0.15) is 5.84 Å². The van der Waals surface area contributed by atoms with E-state index in [9.17, 15) is 9.59 Å². The molecule has 1 amide bonds. The number of esters is 1. The van der Waals surface area contributed by atoms with Crippen LogP contribution < -0.4 is 0 Å². The summed E-state index contributed by atoms with van der Waals surface area (Å²) in [5, 5.41) is 0. The van der Waals surface area contributed by atoms with Gasteiger partial charge in [-0.3, -0.25) is 9.69 Å². The Morgan fingerprint density at radius 2 is 2.00 bits per heavy atom. The Hall–Kier alpha value is -2.17. The number of methoxy groups -OCH3 is 1. The van der Waals surface area contributed by atoms with Crippen molar-refractivity contribution in [2.75, 3.05) is 13.7 Å². The lowest BCUT2D eigenvalue weighted by Gasteiger charge is -2.14. The molecule has 94 valence electrons. The van der Waals surface area contributed by atoms with Gasteiger partial charge in [-0.25, -0.2) is 9.79 Å². The fourth-order valence-corrected chi connectivity index (χ4v) is 1.84. The third-order valence-corrected chi connectivity index (χ3v) is 2.71. The number of nitrogens with zero attached hydrogens (tertiary/aromatic N) is 2. The minimum Gasteiger partial charge on any atom is -0.462 e. The maximum Gasteiger partial charge on any atom is 0.397 e. The number of aliphatic imine (C=N–C) groups is 1. The SMILES string of the molecule is COC(=O)C(=O)N1CCCC1=Nc1ccccc1. The molecular formula is C13H14N2O3. The van der Waals surface area contributed by atoms with E-state index >= 15 is 0 Å². The quantitative estimate of drug-likeness (QED) is 0.557. The van der Waals surface area contributed by atoms with Crippen LogP contribution in [0.2, 0.25) is 0 Å². The summed E-state index contributed by atoms with van der Waals surface area (Å²) in [6.07, 6.45) is 1.51. The molecule has 0 unspecified atom stereocenters. The molecule has 0 radical (unpaired) electrons. The van der Waals surface area contributed by atoms with E-state index in [-0.39, 0.29) is 0 Å². The van der Waals surface area contributed by atoms with Crippen LogP contribution in [0.25, 0.3) is 0 Å². The minimum atomic E-state index is -0.849. The van der Waals surface area contributed by atoms with E-state index < -0.39 is 11.9 Å². The molecule has 0 aliphatic carbocycles. The first-order valence-corrected chi connectivity index (χ1v) is 5.75. The van der Waals surface area contributed by atoms with Gasteiger partial charge in [0, 0.05) is 13.0 Å². The highest BCUT2D eigenvalue weighted by atomic mass is 16.5. The molecule has 1 saturated heterocycles. The first kappa shape index (κ1) is 12.3. The van der Waals surface area contributed by atoms with Crippen molar-refractivity contribution in [3.63, 3.8) is 0 Å². The molecular weight excluding hydrogens is 232 g/mol. The van der Waals surface area contributed by atoms with Gasteiger partial charge in [-0.1, -0.05) is 18.2 Å². The number of hydrogen-bond acceptors (Lipinski definition) is 4. The Bertz CT molecular complexity index is 482. The molecule has 0 bridgehead atoms. The molecule has 0 saturated carbocycles. The lowest BCUT2D eigenvalue weighted by atomic mass is 10.3. The predicted molar refractivity (Wildman–Crippen MR) is 66.5 cm³/mol. The van der Waals surface area contributed by atoms with Crippen molar-refractivity contribution < 1.29 is 14.3 Å². The van der Waals surface area contributed by atoms with Gasteiger partial charge < -0.3 is 4.74 Å². The van der Waals surface area contributed by atoms with Gasteiger partial charge in [0.25, 0.3) is 0 Å². The van der Waals surface area contributed by atoms with E-state index in [1.807, 2.05) is 30.3 Å². The Morgan fingerprint density at radius 1 is 1.28 bits per heavy atom. The average Bonchev–Trinajstić information content (AvgIpc) is 2.86. The zero-order valence-electron chi connectivity index (χ0n) is 10.1. The average molecular weight is 246 g/mol. The second kappa shape index (κ2) is 5.44. The van der Waals surface area contributed by atoms with Crippen LogP contribution in [0, 0.1) is 0 Å². The highest BCUT2D eigenvalue weighted by Gasteiger charge is 2.30. The smallest absolute Gasteiger partial charge is 0.397 e. The number of ether oxygens (including phenoxy) is 1. The van der Waals surface area contributed by atoms with Crippen LogP contribution in [0.1, 0.15) is 12.8 Å². The van der Waals surface area contributed by atoms with Crippen molar-refractivity contribution in [3.05, 3.63) is 30.3 Å². The van der Waals surface area contributed by atoms with Crippen LogP contribution in [0.4, 0.5) is 5.69 Å². The number of rotatable bonds is 1. The van der Waals surface area contributed by atoms with Gasteiger partial charge in [0.2, 0.25) is 0 Å². The first-order valence-electron chi connectivity index (χ1n) is 5.75. The van der Waals surface area contributed by atoms with E-state index in [0.717, 1.165) is 12.1 Å². The molecule has 5 heteroatoms. The third-order valence-electron chi connectivity index (χ3n) is 2.71. The molecule has 0 spiro atoms. The molecule has 1 fully saturated rings. The van der Waals surface area contributed by atoms with E-state index in [4.69, 9.17) is 0 Å². The van der Waals surface area contributed by atoms with E-state index in [1.54, 1.807) is 0 Å². The molecule has 1 aliphatic rings. The van der Waals surface area contributed by atoms with E-state index in [0.29, 0.717) is 18.8 Å². The summed E-state index contributed by atoms with van der Waals surface area (Å²) < 4.78 is 4.44. The summed E-state index contributed by atoms with van der Waals surface area (Å²) in [5.41, 5.74) is 0.775. The monoisotopic (exact) mass is 246 g/mol. The Balaban J connectivity index is 2.20. The number of amidine groups is 1. The molecule has 1 aromatic rings. The van der Waals surface area contributed by atoms with Gasteiger partial charge in [-0.15, -0.1) is 0 Å². The Labute approximate surface area is 105 Å². The molecule has 18 heavy (non-hydrogen) atoms. The number of carbonyl (C=O) groups excluding carboxylic acids is 2. The Kier molecular flexibility index (Phi) is 3.72. The van der Waals surface area contributed by atoms with Crippen molar-refractivity contribution in [2.45, 2.75) is 12.8 Å². The summed E-state index contributed by atoms with van der Waals surface area (Å²) >= 11 is 0. The lowest BCUT2D eigenvalue weighted by Crippen LogP contribution is -2.37. The fraction of sp³-hybridized carbons (Fsp3) is 0.308. The van der Waals surface area contributed by atoms with Gasteiger partial charge >= 0.3 is 11.9 Å². The van der Waals surface area contributed by atoms with Crippen LogP contribution in [0.3, 0.4) is 0 Å². The molecule has 1 aromatic carbocycles. The normalized spacial score (nSPS) is 16.9. The summed E-state index contributed by atoms with van der Waals surface area (Å²) in [6.45, 7) is 0.513. The molecule has 1 aliphatic heterocycles.